The molecule has 0 spiro atoms. The Balaban J connectivity index is 1.90. The average molecular weight is 393 g/mol. The Morgan fingerprint density at radius 2 is 1.56 bits per heavy atom. The zero-order valence-corrected chi connectivity index (χ0v) is 15.7. The summed E-state index contributed by atoms with van der Waals surface area (Å²) in [7, 11) is 0. The minimum atomic E-state index is -0.0828. The van der Waals surface area contributed by atoms with Gasteiger partial charge < -0.3 is 0 Å². The van der Waals surface area contributed by atoms with Crippen LogP contribution in [0.3, 0.4) is 0 Å². The van der Waals surface area contributed by atoms with Gasteiger partial charge in [-0.2, -0.15) is 5.10 Å². The van der Waals surface area contributed by atoms with Gasteiger partial charge in [0.1, 0.15) is 5.52 Å². The molecule has 0 N–H and O–H groups in total. The van der Waals surface area contributed by atoms with Gasteiger partial charge in [-0.25, -0.2) is 4.68 Å². The molecule has 3 aromatic carbocycles. The third-order valence-electron chi connectivity index (χ3n) is 4.18. The van der Waals surface area contributed by atoms with Crippen molar-refractivity contribution < 1.29 is 0 Å². The van der Waals surface area contributed by atoms with Crippen LogP contribution in [0.15, 0.2) is 77.6 Å². The van der Waals surface area contributed by atoms with Gasteiger partial charge in [0.15, 0.2) is 0 Å². The van der Waals surface area contributed by atoms with Crippen molar-refractivity contribution in [2.24, 2.45) is 0 Å². The highest BCUT2D eigenvalue weighted by Gasteiger charge is 2.12. The topological polar surface area (TPSA) is 34.9 Å². The number of fused-ring (bicyclic) bond motifs is 1. The highest BCUT2D eigenvalue weighted by Crippen LogP contribution is 2.25. The molecule has 0 saturated heterocycles. The number of nitrogens with zero attached hydrogens (tertiary/aromatic N) is 2. The maximum Gasteiger partial charge on any atom is 0.204 e. The van der Waals surface area contributed by atoms with Crippen molar-refractivity contribution >= 4 is 46.3 Å². The van der Waals surface area contributed by atoms with Crippen LogP contribution in [0.1, 0.15) is 11.3 Å². The zero-order chi connectivity index (χ0) is 18.8. The maximum absolute atomic E-state index is 12.6. The highest BCUT2D eigenvalue weighted by atomic mass is 35.5. The number of benzene rings is 2. The van der Waals surface area contributed by atoms with Crippen molar-refractivity contribution in [1.29, 1.82) is 0 Å². The number of rotatable bonds is 3. The second-order valence-corrected chi connectivity index (χ2v) is 6.80. The molecule has 0 aliphatic carbocycles. The first-order valence-corrected chi connectivity index (χ1v) is 9.10. The Bertz CT molecular complexity index is 1210. The molecular formula is C22H14Cl2N2O. The van der Waals surface area contributed by atoms with E-state index in [9.17, 15) is 4.79 Å². The summed E-state index contributed by atoms with van der Waals surface area (Å²) < 4.78 is 1.69. The van der Waals surface area contributed by atoms with E-state index in [1.54, 1.807) is 28.9 Å². The van der Waals surface area contributed by atoms with Crippen molar-refractivity contribution in [3.63, 3.8) is 0 Å². The number of hydrogen-bond donors (Lipinski definition) is 0. The summed E-state index contributed by atoms with van der Waals surface area (Å²) in [5, 5.41) is 6.46. The molecule has 5 heteroatoms. The molecule has 0 saturated carbocycles. The van der Waals surface area contributed by atoms with Gasteiger partial charge in [0.2, 0.25) is 5.43 Å². The van der Waals surface area contributed by atoms with E-state index in [1.165, 1.54) is 0 Å². The molecular weight excluding hydrogens is 379 g/mol. The van der Waals surface area contributed by atoms with Gasteiger partial charge in [0, 0.05) is 5.39 Å². The minimum Gasteiger partial charge on any atom is -0.288 e. The van der Waals surface area contributed by atoms with Gasteiger partial charge in [0.05, 0.1) is 21.4 Å². The van der Waals surface area contributed by atoms with E-state index in [2.05, 4.69) is 5.10 Å². The molecule has 0 fully saturated rings. The number of para-hydroxylation sites is 1. The molecule has 0 aliphatic rings. The van der Waals surface area contributed by atoms with Crippen LogP contribution < -0.4 is 5.43 Å². The third-order valence-corrected chi connectivity index (χ3v) is 4.92. The summed E-state index contributed by atoms with van der Waals surface area (Å²) in [6.45, 7) is 0. The fourth-order valence-corrected chi connectivity index (χ4v) is 3.20. The Morgan fingerprint density at radius 1 is 0.815 bits per heavy atom. The van der Waals surface area contributed by atoms with Gasteiger partial charge in [-0.05, 0) is 42.0 Å². The molecule has 0 aliphatic heterocycles. The smallest absolute Gasteiger partial charge is 0.204 e. The molecule has 0 amide bonds. The molecule has 3 nitrogen and oxygen atoms in total. The average Bonchev–Trinajstić information content (AvgIpc) is 2.94. The fourth-order valence-electron chi connectivity index (χ4n) is 2.89. The quantitative estimate of drug-likeness (QED) is 0.437. The Hall–Kier alpha value is -2.88. The largest absolute Gasteiger partial charge is 0.288 e. The van der Waals surface area contributed by atoms with Crippen molar-refractivity contribution in [3.8, 4) is 5.69 Å². The molecule has 4 rings (SSSR count). The molecule has 0 bridgehead atoms. The van der Waals surface area contributed by atoms with E-state index >= 15 is 0 Å². The predicted molar refractivity (Wildman–Crippen MR) is 113 cm³/mol. The second kappa shape index (κ2) is 7.39. The zero-order valence-electron chi connectivity index (χ0n) is 14.1. The number of hydrogen-bond acceptors (Lipinski definition) is 2. The first-order chi connectivity index (χ1) is 13.1. The monoisotopic (exact) mass is 392 g/mol. The van der Waals surface area contributed by atoms with Crippen molar-refractivity contribution in [1.82, 2.24) is 9.78 Å². The van der Waals surface area contributed by atoms with E-state index in [1.807, 2.05) is 60.7 Å². The van der Waals surface area contributed by atoms with E-state index in [0.29, 0.717) is 21.3 Å². The Kier molecular flexibility index (Phi) is 4.80. The lowest BCUT2D eigenvalue weighted by atomic mass is 10.1. The maximum atomic E-state index is 12.6. The van der Waals surface area contributed by atoms with Gasteiger partial charge in [0.25, 0.3) is 0 Å². The summed E-state index contributed by atoms with van der Waals surface area (Å²) in [4.78, 5) is 12.6. The van der Waals surface area contributed by atoms with Crippen LogP contribution in [-0.2, 0) is 0 Å². The van der Waals surface area contributed by atoms with Gasteiger partial charge >= 0.3 is 0 Å². The Morgan fingerprint density at radius 3 is 2.33 bits per heavy atom. The van der Waals surface area contributed by atoms with Crippen LogP contribution >= 0.6 is 23.2 Å². The van der Waals surface area contributed by atoms with Crippen molar-refractivity contribution in [2.45, 2.75) is 0 Å². The van der Waals surface area contributed by atoms with Crippen LogP contribution in [0.2, 0.25) is 10.0 Å². The lowest BCUT2D eigenvalue weighted by Gasteiger charge is -2.00. The first kappa shape index (κ1) is 17.5. The molecule has 0 unspecified atom stereocenters. The lowest BCUT2D eigenvalue weighted by molar-refractivity contribution is 0.902. The lowest BCUT2D eigenvalue weighted by Crippen LogP contribution is -2.04. The van der Waals surface area contributed by atoms with E-state index < -0.39 is 0 Å². The van der Waals surface area contributed by atoms with Crippen LogP contribution in [0.5, 0.6) is 0 Å². The SMILES string of the molecule is O=c1ccccc2c(/C=C\c3ccc(Cl)c(Cl)c3)nn(-c3ccccc3)c12. The molecule has 1 heterocycles. The first-order valence-electron chi connectivity index (χ1n) is 8.34. The normalized spacial score (nSPS) is 11.3. The fraction of sp³-hybridized carbons (Fsp3) is 0. The standard InChI is InChI=1S/C22H14Cl2N2O/c23-18-12-10-15(14-19(18)24)11-13-20-17-8-4-5-9-21(27)22(17)26(25-20)16-6-2-1-3-7-16/h1-14H/b13-11-. The van der Waals surface area contributed by atoms with Gasteiger partial charge in [-0.15, -0.1) is 0 Å². The van der Waals surface area contributed by atoms with Gasteiger partial charge in [-0.1, -0.05) is 71.7 Å². The number of halogens is 2. The summed E-state index contributed by atoms with van der Waals surface area (Å²) in [6, 6.07) is 22.1. The molecule has 1 aromatic heterocycles. The predicted octanol–water partition coefficient (Wildman–Crippen LogP) is 5.86. The van der Waals surface area contributed by atoms with Crippen LogP contribution in [-0.4, -0.2) is 9.78 Å². The summed E-state index contributed by atoms with van der Waals surface area (Å²) in [5.74, 6) is 0. The van der Waals surface area contributed by atoms with Gasteiger partial charge in [-0.3, -0.25) is 4.79 Å². The van der Waals surface area contributed by atoms with Crippen molar-refractivity contribution in [3.05, 3.63) is 104 Å². The van der Waals surface area contributed by atoms with E-state index in [0.717, 1.165) is 16.6 Å². The van der Waals surface area contributed by atoms with Crippen LogP contribution in [0, 0.1) is 0 Å². The molecule has 0 atom stereocenters. The summed E-state index contributed by atoms with van der Waals surface area (Å²) in [5.41, 5.74) is 2.89. The summed E-state index contributed by atoms with van der Waals surface area (Å²) in [6.07, 6.45) is 3.78. The highest BCUT2D eigenvalue weighted by molar-refractivity contribution is 6.42. The van der Waals surface area contributed by atoms with Crippen molar-refractivity contribution in [2.75, 3.05) is 0 Å². The summed E-state index contributed by atoms with van der Waals surface area (Å²) >= 11 is 12.1. The third kappa shape index (κ3) is 3.52. The van der Waals surface area contributed by atoms with Crippen LogP contribution in [0.25, 0.3) is 28.7 Å². The van der Waals surface area contributed by atoms with Crippen LogP contribution in [0.4, 0.5) is 0 Å². The Labute approximate surface area is 166 Å². The molecule has 27 heavy (non-hydrogen) atoms. The molecule has 0 radical (unpaired) electrons. The minimum absolute atomic E-state index is 0.0828. The molecule has 4 aromatic rings. The molecule has 132 valence electrons. The van der Waals surface area contributed by atoms with E-state index in [4.69, 9.17) is 23.2 Å². The second-order valence-electron chi connectivity index (χ2n) is 5.98. The van der Waals surface area contributed by atoms with E-state index in [-0.39, 0.29) is 5.43 Å². The number of aromatic nitrogens is 2.